The molecule has 5 heteroatoms. The smallest absolute Gasteiger partial charge is 0.0896 e. The molecule has 0 amide bonds. The molecule has 0 bridgehead atoms. The van der Waals surface area contributed by atoms with Gasteiger partial charge in [0.05, 0.1) is 29.1 Å². The Balaban J connectivity index is 1.89. The summed E-state index contributed by atoms with van der Waals surface area (Å²) in [6, 6.07) is 7.90. The molecule has 0 aliphatic heterocycles. The summed E-state index contributed by atoms with van der Waals surface area (Å²) in [5.74, 6) is 0. The van der Waals surface area contributed by atoms with Crippen LogP contribution in [0, 0.1) is 6.92 Å². The van der Waals surface area contributed by atoms with Crippen molar-refractivity contribution in [2.75, 3.05) is 12.3 Å². The second-order valence-corrected chi connectivity index (χ2v) is 5.46. The molecule has 0 radical (unpaired) electrons. The lowest BCUT2D eigenvalue weighted by molar-refractivity contribution is 0.117. The highest BCUT2D eigenvalue weighted by Crippen LogP contribution is 2.22. The van der Waals surface area contributed by atoms with Gasteiger partial charge in [-0.15, -0.1) is 0 Å². The van der Waals surface area contributed by atoms with Gasteiger partial charge >= 0.3 is 0 Å². The maximum absolute atomic E-state index is 5.91. The number of para-hydroxylation sites is 1. The van der Waals surface area contributed by atoms with E-state index in [1.165, 1.54) is 0 Å². The van der Waals surface area contributed by atoms with Gasteiger partial charge in [0, 0.05) is 12.2 Å². The van der Waals surface area contributed by atoms with Crippen LogP contribution in [0.2, 0.25) is 0 Å². The highest BCUT2D eigenvalue weighted by molar-refractivity contribution is 9.10. The summed E-state index contributed by atoms with van der Waals surface area (Å²) in [5, 5.41) is 4.45. The quantitative estimate of drug-likeness (QED) is 0.649. The van der Waals surface area contributed by atoms with Crippen LogP contribution in [0.3, 0.4) is 0 Å². The van der Waals surface area contributed by atoms with Crippen LogP contribution in [-0.4, -0.2) is 16.4 Å². The molecule has 0 aliphatic rings. The van der Waals surface area contributed by atoms with Gasteiger partial charge in [-0.2, -0.15) is 5.10 Å². The third-order valence-electron chi connectivity index (χ3n) is 3.26. The molecule has 0 aliphatic carbocycles. The molecule has 0 atom stereocenters. The van der Waals surface area contributed by atoms with Crippen molar-refractivity contribution in [2.45, 2.75) is 33.4 Å². The van der Waals surface area contributed by atoms with Crippen molar-refractivity contribution >= 4 is 21.6 Å². The lowest BCUT2D eigenvalue weighted by Gasteiger charge is -2.08. The molecule has 20 heavy (non-hydrogen) atoms. The second-order valence-electron chi connectivity index (χ2n) is 4.66. The molecule has 108 valence electrons. The fourth-order valence-electron chi connectivity index (χ4n) is 2.12. The molecule has 1 aromatic heterocycles. The lowest BCUT2D eigenvalue weighted by Crippen LogP contribution is -2.07. The largest absolute Gasteiger partial charge is 0.399 e. The third kappa shape index (κ3) is 3.41. The first kappa shape index (κ1) is 15.1. The zero-order valence-electron chi connectivity index (χ0n) is 11.9. The molecule has 2 aromatic rings. The molecule has 0 spiro atoms. The molecule has 1 heterocycles. The Bertz CT molecular complexity index is 580. The van der Waals surface area contributed by atoms with Gasteiger partial charge in [0.15, 0.2) is 0 Å². The minimum Gasteiger partial charge on any atom is -0.399 e. The van der Waals surface area contributed by atoms with Crippen LogP contribution < -0.4 is 5.73 Å². The number of ether oxygens (including phenoxy) is 1. The van der Waals surface area contributed by atoms with Crippen molar-refractivity contribution < 1.29 is 4.74 Å². The third-order valence-corrected chi connectivity index (χ3v) is 4.29. The number of hydrogen-bond donors (Lipinski definition) is 1. The van der Waals surface area contributed by atoms with Gasteiger partial charge in [-0.05, 0) is 47.8 Å². The lowest BCUT2D eigenvalue weighted by atomic mass is 10.1. The molecular formula is C15H20BrN3O. The summed E-state index contributed by atoms with van der Waals surface area (Å²) in [6.07, 6.45) is 0.823. The fourth-order valence-corrected chi connectivity index (χ4v) is 2.52. The SMILES string of the molecule is CCn1nc(C)c(Br)c1COCCc1ccccc1N. The number of aromatic nitrogens is 2. The summed E-state index contributed by atoms with van der Waals surface area (Å²) in [7, 11) is 0. The van der Waals surface area contributed by atoms with Gasteiger partial charge in [-0.1, -0.05) is 18.2 Å². The van der Waals surface area contributed by atoms with Gasteiger partial charge in [0.25, 0.3) is 0 Å². The average Bonchev–Trinajstić information content (AvgIpc) is 2.72. The minimum absolute atomic E-state index is 0.558. The van der Waals surface area contributed by atoms with Crippen molar-refractivity contribution in [3.05, 3.63) is 45.7 Å². The Kier molecular flexibility index (Phi) is 5.20. The number of anilines is 1. The molecular weight excluding hydrogens is 318 g/mol. The highest BCUT2D eigenvalue weighted by atomic mass is 79.9. The van der Waals surface area contributed by atoms with E-state index in [1.54, 1.807) is 0 Å². The van der Waals surface area contributed by atoms with Gasteiger partial charge in [-0.3, -0.25) is 4.68 Å². The maximum atomic E-state index is 5.91. The summed E-state index contributed by atoms with van der Waals surface area (Å²) < 4.78 is 8.78. The molecule has 2 N–H and O–H groups in total. The average molecular weight is 338 g/mol. The fraction of sp³-hybridized carbons (Fsp3) is 0.400. The summed E-state index contributed by atoms with van der Waals surface area (Å²) in [4.78, 5) is 0. The molecule has 1 aromatic carbocycles. The summed E-state index contributed by atoms with van der Waals surface area (Å²) in [6.45, 7) is 6.12. The summed E-state index contributed by atoms with van der Waals surface area (Å²) >= 11 is 3.57. The predicted octanol–water partition coefficient (Wildman–Crippen LogP) is 3.32. The molecule has 4 nitrogen and oxygen atoms in total. The number of nitrogens with two attached hydrogens (primary N) is 1. The van der Waals surface area contributed by atoms with Crippen LogP contribution in [0.15, 0.2) is 28.7 Å². The molecule has 0 fully saturated rings. The van der Waals surface area contributed by atoms with E-state index in [9.17, 15) is 0 Å². The molecule has 2 rings (SSSR count). The first-order chi connectivity index (χ1) is 9.63. The Morgan fingerprint density at radius 2 is 2.10 bits per heavy atom. The number of rotatable bonds is 6. The number of benzene rings is 1. The topological polar surface area (TPSA) is 53.1 Å². The van der Waals surface area contributed by atoms with E-state index >= 15 is 0 Å². The Hall–Kier alpha value is -1.33. The van der Waals surface area contributed by atoms with Gasteiger partial charge in [0.1, 0.15) is 0 Å². The van der Waals surface area contributed by atoms with Crippen LogP contribution in [-0.2, 0) is 24.3 Å². The van der Waals surface area contributed by atoms with Crippen molar-refractivity contribution in [1.29, 1.82) is 0 Å². The van der Waals surface area contributed by atoms with E-state index in [1.807, 2.05) is 35.9 Å². The Morgan fingerprint density at radius 1 is 1.35 bits per heavy atom. The monoisotopic (exact) mass is 337 g/mol. The number of hydrogen-bond acceptors (Lipinski definition) is 3. The molecule has 0 saturated carbocycles. The van der Waals surface area contributed by atoms with Gasteiger partial charge in [-0.25, -0.2) is 0 Å². The van der Waals surface area contributed by atoms with Crippen LogP contribution in [0.25, 0.3) is 0 Å². The van der Waals surface area contributed by atoms with Gasteiger partial charge in [0.2, 0.25) is 0 Å². The minimum atomic E-state index is 0.558. The van der Waals surface area contributed by atoms with Crippen molar-refractivity contribution in [2.24, 2.45) is 0 Å². The second kappa shape index (κ2) is 6.90. The van der Waals surface area contributed by atoms with E-state index in [0.29, 0.717) is 13.2 Å². The van der Waals surface area contributed by atoms with E-state index in [-0.39, 0.29) is 0 Å². The summed E-state index contributed by atoms with van der Waals surface area (Å²) in [5.41, 5.74) is 9.95. The van der Waals surface area contributed by atoms with Crippen LogP contribution >= 0.6 is 15.9 Å². The molecule has 0 unspecified atom stereocenters. The van der Waals surface area contributed by atoms with Crippen molar-refractivity contribution in [3.8, 4) is 0 Å². The van der Waals surface area contributed by atoms with E-state index in [2.05, 4.69) is 28.0 Å². The number of halogens is 1. The first-order valence-electron chi connectivity index (χ1n) is 6.76. The van der Waals surface area contributed by atoms with Crippen LogP contribution in [0.1, 0.15) is 23.9 Å². The van der Waals surface area contributed by atoms with Crippen LogP contribution in [0.4, 0.5) is 5.69 Å². The Morgan fingerprint density at radius 3 is 2.80 bits per heavy atom. The standard InChI is InChI=1S/C15H20BrN3O/c1-3-19-14(15(16)11(2)18-19)10-20-9-8-12-6-4-5-7-13(12)17/h4-7H,3,8-10,17H2,1-2H3. The first-order valence-corrected chi connectivity index (χ1v) is 7.55. The predicted molar refractivity (Wildman–Crippen MR) is 84.6 cm³/mol. The van der Waals surface area contributed by atoms with Crippen LogP contribution in [0.5, 0.6) is 0 Å². The number of aryl methyl sites for hydroxylation is 2. The zero-order valence-corrected chi connectivity index (χ0v) is 13.5. The van der Waals surface area contributed by atoms with Crippen molar-refractivity contribution in [3.63, 3.8) is 0 Å². The van der Waals surface area contributed by atoms with E-state index in [4.69, 9.17) is 10.5 Å². The van der Waals surface area contributed by atoms with Gasteiger partial charge < -0.3 is 10.5 Å². The maximum Gasteiger partial charge on any atom is 0.0896 e. The van der Waals surface area contributed by atoms with Crippen molar-refractivity contribution in [1.82, 2.24) is 9.78 Å². The molecule has 0 saturated heterocycles. The highest BCUT2D eigenvalue weighted by Gasteiger charge is 2.11. The van der Waals surface area contributed by atoms with E-state index in [0.717, 1.165) is 40.1 Å². The van der Waals surface area contributed by atoms with E-state index < -0.39 is 0 Å². The number of nitrogen functional groups attached to an aromatic ring is 1. The normalized spacial score (nSPS) is 10.9. The Labute approximate surface area is 128 Å². The number of nitrogens with zero attached hydrogens (tertiary/aromatic N) is 2. The zero-order chi connectivity index (χ0) is 14.5.